The first-order valence-corrected chi connectivity index (χ1v) is 18.1. The number of methoxy groups -OCH3 is 1. The maximum Gasteiger partial charge on any atom is 0.305 e. The minimum atomic E-state index is -0.260. The molecule has 9 atom stereocenters. The summed E-state index contributed by atoms with van der Waals surface area (Å²) in [6.45, 7) is 5.26. The van der Waals surface area contributed by atoms with Gasteiger partial charge in [-0.05, 0) is 82.5 Å². The highest BCUT2D eigenvalue weighted by molar-refractivity contribution is 5.69. The molecule has 2 saturated heterocycles. The normalized spacial score (nSPS) is 33.1. The molecule has 2 aliphatic carbocycles. The smallest absolute Gasteiger partial charge is 0.305 e. The number of esters is 2. The molecular weight excluding hydrogens is 572 g/mol. The summed E-state index contributed by atoms with van der Waals surface area (Å²) < 4.78 is 36.2. The number of carbonyl (C=O) groups excluding carboxylic acids is 2. The fraction of sp³-hybridized carbons (Fsp3) is 0.838. The van der Waals surface area contributed by atoms with Crippen molar-refractivity contribution in [3.8, 4) is 0 Å². The molecule has 0 amide bonds. The monoisotopic (exact) mass is 632 g/mol. The maximum absolute atomic E-state index is 12.2. The zero-order chi connectivity index (χ0) is 31.9. The first-order valence-electron chi connectivity index (χ1n) is 18.1. The molecule has 4 aliphatic rings. The second-order valence-corrected chi connectivity index (χ2v) is 13.6. The van der Waals surface area contributed by atoms with E-state index in [1.807, 2.05) is 0 Å². The summed E-state index contributed by atoms with van der Waals surface area (Å²) in [6.07, 6.45) is 25.3. The molecule has 4 unspecified atom stereocenters. The highest BCUT2D eigenvalue weighted by atomic mass is 16.7. The van der Waals surface area contributed by atoms with Gasteiger partial charge in [-0.2, -0.15) is 0 Å². The van der Waals surface area contributed by atoms with Crippen LogP contribution in [0, 0.1) is 23.7 Å². The molecule has 2 saturated carbocycles. The first-order chi connectivity index (χ1) is 22.0. The Hall–Kier alpha value is -1.74. The molecule has 2 heterocycles. The fourth-order valence-corrected chi connectivity index (χ4v) is 7.72. The van der Waals surface area contributed by atoms with E-state index in [1.54, 1.807) is 0 Å². The molecule has 4 rings (SSSR count). The van der Waals surface area contributed by atoms with Crippen molar-refractivity contribution in [3.63, 3.8) is 0 Å². The van der Waals surface area contributed by atoms with E-state index in [0.29, 0.717) is 18.8 Å². The second kappa shape index (κ2) is 19.8. The number of hydrogen-bond donors (Lipinski definition) is 0. The van der Waals surface area contributed by atoms with Crippen molar-refractivity contribution in [2.45, 2.75) is 154 Å². The van der Waals surface area contributed by atoms with Crippen LogP contribution >= 0.6 is 0 Å². The predicted molar refractivity (Wildman–Crippen MR) is 173 cm³/mol. The molecular formula is C37H60O8. The van der Waals surface area contributed by atoms with Crippen LogP contribution in [0.1, 0.15) is 123 Å². The van der Waals surface area contributed by atoms with E-state index in [-0.39, 0.29) is 54.7 Å². The van der Waals surface area contributed by atoms with E-state index in [4.69, 9.17) is 28.4 Å². The summed E-state index contributed by atoms with van der Waals surface area (Å²) in [7, 11) is 1.42. The third-order valence-electron chi connectivity index (χ3n) is 10.2. The Kier molecular flexibility index (Phi) is 15.9. The highest BCUT2D eigenvalue weighted by Gasteiger charge is 2.45. The van der Waals surface area contributed by atoms with Gasteiger partial charge in [0, 0.05) is 44.8 Å². The third-order valence-corrected chi connectivity index (χ3v) is 10.2. The molecule has 0 N–H and O–H groups in total. The molecule has 0 aromatic heterocycles. The summed E-state index contributed by atoms with van der Waals surface area (Å²) in [5, 5.41) is 0. The van der Waals surface area contributed by atoms with Crippen molar-refractivity contribution in [2.75, 3.05) is 20.3 Å². The number of rotatable bonds is 17. The van der Waals surface area contributed by atoms with Crippen LogP contribution in [-0.2, 0) is 38.0 Å². The van der Waals surface area contributed by atoms with E-state index in [2.05, 4.69) is 31.2 Å². The summed E-state index contributed by atoms with van der Waals surface area (Å²) >= 11 is 0. The Morgan fingerprint density at radius 2 is 1.69 bits per heavy atom. The molecule has 0 bridgehead atoms. The summed E-state index contributed by atoms with van der Waals surface area (Å²) in [5.41, 5.74) is 0. The zero-order valence-electron chi connectivity index (χ0n) is 28.2. The zero-order valence-corrected chi connectivity index (χ0v) is 28.2. The van der Waals surface area contributed by atoms with Crippen LogP contribution in [-0.4, -0.2) is 63.2 Å². The molecule has 256 valence electrons. The Morgan fingerprint density at radius 3 is 2.38 bits per heavy atom. The molecule has 8 nitrogen and oxygen atoms in total. The topological polar surface area (TPSA) is 89.5 Å². The van der Waals surface area contributed by atoms with Crippen molar-refractivity contribution < 1.29 is 38.0 Å². The SMILES string of the molecule is CCCCC1CCC([C@@H](/C=C/[C@@H]2[C@@H](C/C=C\CCCC(=O)OC)[C@@H](OC(C)=O)C[C@H]2OC2CCCCO2)OC2CCCCO2)C1. The third kappa shape index (κ3) is 12.1. The van der Waals surface area contributed by atoms with Gasteiger partial charge < -0.3 is 28.4 Å². The van der Waals surface area contributed by atoms with Crippen molar-refractivity contribution in [2.24, 2.45) is 23.7 Å². The molecule has 0 aromatic rings. The highest BCUT2D eigenvalue weighted by Crippen LogP contribution is 2.43. The van der Waals surface area contributed by atoms with Gasteiger partial charge in [0.2, 0.25) is 0 Å². The fourth-order valence-electron chi connectivity index (χ4n) is 7.72. The Morgan fingerprint density at radius 1 is 0.911 bits per heavy atom. The van der Waals surface area contributed by atoms with Gasteiger partial charge >= 0.3 is 11.9 Å². The number of ether oxygens (including phenoxy) is 6. The predicted octanol–water partition coefficient (Wildman–Crippen LogP) is 7.83. The number of hydrogen-bond acceptors (Lipinski definition) is 8. The Labute approximate surface area is 271 Å². The van der Waals surface area contributed by atoms with Crippen molar-refractivity contribution in [1.82, 2.24) is 0 Å². The van der Waals surface area contributed by atoms with Gasteiger partial charge in [-0.25, -0.2) is 0 Å². The standard InChI is InChI=1S/C37H60O8/c1-4-5-14-28-19-20-29(25-28)32(44-36-17-10-12-23-41-36)22-21-31-30(15-8-6-7-9-16-35(39)40-3)33(43-27(2)38)26-34(31)45-37-18-11-13-24-42-37/h6,8,21-22,28-34,36-37H,4-5,7,9-20,23-26H2,1-3H3/b8-6-,22-21+/t28?,29?,30-,31-,32-,33+,34-,36?,37?/m1/s1. The van der Waals surface area contributed by atoms with Gasteiger partial charge in [0.1, 0.15) is 6.10 Å². The number of carbonyl (C=O) groups is 2. The lowest BCUT2D eigenvalue weighted by molar-refractivity contribution is -0.193. The van der Waals surface area contributed by atoms with Gasteiger partial charge in [-0.3, -0.25) is 9.59 Å². The van der Waals surface area contributed by atoms with Gasteiger partial charge in [-0.15, -0.1) is 0 Å². The van der Waals surface area contributed by atoms with Crippen LogP contribution in [0.2, 0.25) is 0 Å². The lowest BCUT2D eigenvalue weighted by Crippen LogP contribution is -2.32. The van der Waals surface area contributed by atoms with E-state index in [0.717, 1.165) is 76.9 Å². The minimum absolute atomic E-state index is 0.00593. The molecule has 0 aromatic carbocycles. The van der Waals surface area contributed by atoms with Gasteiger partial charge in [0.15, 0.2) is 12.6 Å². The second-order valence-electron chi connectivity index (χ2n) is 13.6. The maximum atomic E-state index is 12.2. The average Bonchev–Trinajstić information content (AvgIpc) is 3.64. The van der Waals surface area contributed by atoms with Gasteiger partial charge in [0.05, 0.1) is 19.3 Å². The summed E-state index contributed by atoms with van der Waals surface area (Å²) in [4.78, 5) is 23.7. The lowest BCUT2D eigenvalue weighted by Gasteiger charge is -2.31. The molecule has 45 heavy (non-hydrogen) atoms. The molecule has 0 radical (unpaired) electrons. The first kappa shape index (κ1) is 36.1. The molecule has 2 aliphatic heterocycles. The van der Waals surface area contributed by atoms with Crippen LogP contribution in [0.15, 0.2) is 24.3 Å². The molecule has 8 heteroatoms. The van der Waals surface area contributed by atoms with E-state index in [9.17, 15) is 9.59 Å². The van der Waals surface area contributed by atoms with E-state index < -0.39 is 0 Å². The minimum Gasteiger partial charge on any atom is -0.469 e. The van der Waals surface area contributed by atoms with Crippen LogP contribution in [0.3, 0.4) is 0 Å². The molecule has 0 spiro atoms. The Balaban J connectivity index is 1.52. The Bertz CT molecular complexity index is 921. The van der Waals surface area contributed by atoms with Crippen molar-refractivity contribution in [1.29, 1.82) is 0 Å². The average molecular weight is 633 g/mol. The van der Waals surface area contributed by atoms with E-state index >= 15 is 0 Å². The quantitative estimate of drug-likeness (QED) is 0.0911. The van der Waals surface area contributed by atoms with Crippen LogP contribution in [0.5, 0.6) is 0 Å². The van der Waals surface area contributed by atoms with Crippen LogP contribution in [0.4, 0.5) is 0 Å². The van der Waals surface area contributed by atoms with Crippen molar-refractivity contribution in [3.05, 3.63) is 24.3 Å². The largest absolute Gasteiger partial charge is 0.469 e. The van der Waals surface area contributed by atoms with Gasteiger partial charge in [0.25, 0.3) is 0 Å². The van der Waals surface area contributed by atoms with E-state index in [1.165, 1.54) is 52.6 Å². The number of unbranched alkanes of at least 4 members (excludes halogenated alkanes) is 2. The van der Waals surface area contributed by atoms with Crippen LogP contribution < -0.4 is 0 Å². The lowest BCUT2D eigenvalue weighted by atomic mass is 9.88. The van der Waals surface area contributed by atoms with Crippen molar-refractivity contribution >= 4 is 11.9 Å². The van der Waals surface area contributed by atoms with Gasteiger partial charge in [-0.1, -0.05) is 56.9 Å². The summed E-state index contributed by atoms with van der Waals surface area (Å²) in [6, 6.07) is 0. The van der Waals surface area contributed by atoms with Crippen LogP contribution in [0.25, 0.3) is 0 Å². The molecule has 4 fully saturated rings. The summed E-state index contributed by atoms with van der Waals surface area (Å²) in [5.74, 6) is 0.938. The number of allylic oxidation sites excluding steroid dienone is 2.